The van der Waals surface area contributed by atoms with Crippen molar-refractivity contribution in [3.8, 4) is 11.5 Å². The maximum Gasteiger partial charge on any atom is 0.320 e. The number of ether oxygens (including phenoxy) is 2. The summed E-state index contributed by atoms with van der Waals surface area (Å²) in [6.07, 6.45) is 3.34. The first-order valence-corrected chi connectivity index (χ1v) is 9.33. The number of amides is 2. The fourth-order valence-corrected chi connectivity index (χ4v) is 4.12. The number of carbonyl (C=O) groups excluding carboxylic acids is 1. The summed E-state index contributed by atoms with van der Waals surface area (Å²) in [5.74, 6) is 1.66. The molecule has 2 atom stereocenters. The van der Waals surface area contributed by atoms with E-state index in [1.54, 1.807) is 0 Å². The number of benzene rings is 1. The van der Waals surface area contributed by atoms with E-state index in [1.165, 1.54) is 0 Å². The van der Waals surface area contributed by atoms with Crippen LogP contribution in [0.5, 0.6) is 11.5 Å². The number of likely N-dealkylation sites (tertiary alicyclic amines) is 1. The predicted molar refractivity (Wildman–Crippen MR) is 95.2 cm³/mol. The lowest BCUT2D eigenvalue weighted by Crippen LogP contribution is -2.57. The Morgan fingerprint density at radius 1 is 1.12 bits per heavy atom. The third-order valence-electron chi connectivity index (χ3n) is 5.42. The molecule has 0 bridgehead atoms. The zero-order chi connectivity index (χ0) is 17.2. The molecule has 2 saturated heterocycles. The third-order valence-corrected chi connectivity index (χ3v) is 5.42. The topological polar surface area (TPSA) is 45.2 Å². The quantitative estimate of drug-likeness (QED) is 0.841. The fourth-order valence-electron chi connectivity index (χ4n) is 4.12. The van der Waals surface area contributed by atoms with Crippen molar-refractivity contribution in [2.75, 3.05) is 46.4 Å². The van der Waals surface area contributed by atoms with Gasteiger partial charge in [0.15, 0.2) is 11.5 Å². The summed E-state index contributed by atoms with van der Waals surface area (Å²) in [6.45, 7) is 5.19. The number of fused-ring (bicyclic) bond motifs is 1. The molecule has 0 spiro atoms. The van der Waals surface area contributed by atoms with Gasteiger partial charge in [0.25, 0.3) is 0 Å². The maximum atomic E-state index is 12.4. The van der Waals surface area contributed by atoms with E-state index < -0.39 is 0 Å². The standard InChI is InChI=1S/C19H27N3O3/c1-20-9-5-11-22(19(20)23)15-6-4-10-21(12-15)13-16-14-24-17-7-2-3-8-18(17)25-16/h2-3,7-8,15-16H,4-6,9-14H2,1H3/t15-,16-/m0/s1. The minimum atomic E-state index is 0.0494. The smallest absolute Gasteiger partial charge is 0.320 e. The highest BCUT2D eigenvalue weighted by molar-refractivity contribution is 5.75. The van der Waals surface area contributed by atoms with Crippen molar-refractivity contribution in [2.24, 2.45) is 0 Å². The van der Waals surface area contributed by atoms with Gasteiger partial charge in [-0.15, -0.1) is 0 Å². The zero-order valence-corrected chi connectivity index (χ0v) is 14.9. The van der Waals surface area contributed by atoms with Gasteiger partial charge in [0.05, 0.1) is 0 Å². The van der Waals surface area contributed by atoms with E-state index in [2.05, 4.69) is 9.80 Å². The fraction of sp³-hybridized carbons (Fsp3) is 0.632. The van der Waals surface area contributed by atoms with Gasteiger partial charge in [-0.2, -0.15) is 0 Å². The molecule has 0 radical (unpaired) electrons. The summed E-state index contributed by atoms with van der Waals surface area (Å²) >= 11 is 0. The number of carbonyl (C=O) groups is 1. The van der Waals surface area contributed by atoms with E-state index in [1.807, 2.05) is 36.2 Å². The van der Waals surface area contributed by atoms with Crippen molar-refractivity contribution in [1.82, 2.24) is 14.7 Å². The van der Waals surface area contributed by atoms with Gasteiger partial charge >= 0.3 is 6.03 Å². The molecule has 0 N–H and O–H groups in total. The lowest BCUT2D eigenvalue weighted by Gasteiger charge is -2.43. The van der Waals surface area contributed by atoms with Crippen LogP contribution in [0, 0.1) is 0 Å². The number of nitrogens with zero attached hydrogens (tertiary/aromatic N) is 3. The first-order chi connectivity index (χ1) is 12.2. The molecular weight excluding hydrogens is 318 g/mol. The molecule has 3 aliphatic rings. The van der Waals surface area contributed by atoms with Crippen LogP contribution in [-0.2, 0) is 0 Å². The van der Waals surface area contributed by atoms with Crippen molar-refractivity contribution < 1.29 is 14.3 Å². The van der Waals surface area contributed by atoms with E-state index in [0.717, 1.165) is 63.5 Å². The molecule has 6 heteroatoms. The Kier molecular flexibility index (Phi) is 4.70. The predicted octanol–water partition coefficient (Wildman–Crippen LogP) is 2.05. The largest absolute Gasteiger partial charge is 0.486 e. The van der Waals surface area contributed by atoms with Crippen LogP contribution in [-0.4, -0.2) is 79.3 Å². The molecule has 0 unspecified atom stereocenters. The zero-order valence-electron chi connectivity index (χ0n) is 14.9. The molecule has 0 aromatic heterocycles. The number of urea groups is 1. The third kappa shape index (κ3) is 3.54. The highest BCUT2D eigenvalue weighted by Gasteiger charge is 2.33. The Hall–Kier alpha value is -1.95. The average molecular weight is 345 g/mol. The summed E-state index contributed by atoms with van der Waals surface area (Å²) < 4.78 is 11.9. The van der Waals surface area contributed by atoms with Gasteiger partial charge in [-0.3, -0.25) is 4.90 Å². The highest BCUT2D eigenvalue weighted by atomic mass is 16.6. The number of piperidine rings is 1. The van der Waals surface area contributed by atoms with Crippen LogP contribution in [0.1, 0.15) is 19.3 Å². The normalized spacial score (nSPS) is 27.5. The first-order valence-electron chi connectivity index (χ1n) is 9.33. The van der Waals surface area contributed by atoms with Crippen LogP contribution < -0.4 is 9.47 Å². The summed E-state index contributed by atoms with van der Waals surface area (Å²) in [4.78, 5) is 18.8. The van der Waals surface area contributed by atoms with Crippen LogP contribution in [0.2, 0.25) is 0 Å². The van der Waals surface area contributed by atoms with Crippen LogP contribution in [0.25, 0.3) is 0 Å². The van der Waals surface area contributed by atoms with Gasteiger partial charge in [0.1, 0.15) is 12.7 Å². The molecule has 2 fully saturated rings. The molecule has 3 aliphatic heterocycles. The lowest BCUT2D eigenvalue weighted by molar-refractivity contribution is 0.0321. The monoisotopic (exact) mass is 345 g/mol. The Bertz CT molecular complexity index is 624. The van der Waals surface area contributed by atoms with Gasteiger partial charge in [0, 0.05) is 39.3 Å². The van der Waals surface area contributed by atoms with Crippen molar-refractivity contribution in [2.45, 2.75) is 31.4 Å². The van der Waals surface area contributed by atoms with Gasteiger partial charge < -0.3 is 19.3 Å². The van der Waals surface area contributed by atoms with Crippen LogP contribution in [0.4, 0.5) is 4.79 Å². The Balaban J connectivity index is 1.35. The number of hydrogen-bond acceptors (Lipinski definition) is 4. The van der Waals surface area contributed by atoms with Crippen LogP contribution in [0.3, 0.4) is 0 Å². The van der Waals surface area contributed by atoms with E-state index in [9.17, 15) is 4.79 Å². The minimum Gasteiger partial charge on any atom is -0.486 e. The SMILES string of the molecule is CN1CCCN([C@H]2CCCN(C[C@H]3COc4ccccc4O3)C2)C1=O. The average Bonchev–Trinajstić information content (AvgIpc) is 2.64. The maximum absolute atomic E-state index is 12.4. The second-order valence-electron chi connectivity index (χ2n) is 7.30. The van der Waals surface area contributed by atoms with E-state index >= 15 is 0 Å². The van der Waals surface area contributed by atoms with Crippen molar-refractivity contribution in [3.05, 3.63) is 24.3 Å². The highest BCUT2D eigenvalue weighted by Crippen LogP contribution is 2.31. The van der Waals surface area contributed by atoms with Crippen molar-refractivity contribution >= 4 is 6.03 Å². The second kappa shape index (κ2) is 7.12. The van der Waals surface area contributed by atoms with Gasteiger partial charge in [-0.05, 0) is 37.9 Å². The van der Waals surface area contributed by atoms with E-state index in [0.29, 0.717) is 12.6 Å². The molecule has 1 aromatic carbocycles. The summed E-state index contributed by atoms with van der Waals surface area (Å²) in [5.41, 5.74) is 0. The number of para-hydroxylation sites is 2. The summed E-state index contributed by atoms with van der Waals surface area (Å²) in [5, 5.41) is 0. The first kappa shape index (κ1) is 16.5. The molecule has 25 heavy (non-hydrogen) atoms. The number of rotatable bonds is 3. The Morgan fingerprint density at radius 2 is 1.96 bits per heavy atom. The molecule has 6 nitrogen and oxygen atoms in total. The van der Waals surface area contributed by atoms with Gasteiger partial charge in [-0.1, -0.05) is 12.1 Å². The van der Waals surface area contributed by atoms with Crippen molar-refractivity contribution in [1.29, 1.82) is 0 Å². The van der Waals surface area contributed by atoms with E-state index in [-0.39, 0.29) is 12.1 Å². The lowest BCUT2D eigenvalue weighted by atomic mass is 10.0. The summed E-state index contributed by atoms with van der Waals surface area (Å²) in [6, 6.07) is 8.35. The minimum absolute atomic E-state index is 0.0494. The van der Waals surface area contributed by atoms with Crippen molar-refractivity contribution in [3.63, 3.8) is 0 Å². The molecule has 2 amide bonds. The van der Waals surface area contributed by atoms with Crippen LogP contribution in [0.15, 0.2) is 24.3 Å². The molecule has 3 heterocycles. The summed E-state index contributed by atoms with van der Waals surface area (Å²) in [7, 11) is 1.90. The molecule has 0 saturated carbocycles. The Labute approximate surface area is 149 Å². The van der Waals surface area contributed by atoms with Gasteiger partial charge in [0.2, 0.25) is 0 Å². The Morgan fingerprint density at radius 3 is 2.84 bits per heavy atom. The molecule has 136 valence electrons. The molecule has 0 aliphatic carbocycles. The number of hydrogen-bond donors (Lipinski definition) is 0. The van der Waals surface area contributed by atoms with Crippen LogP contribution >= 0.6 is 0 Å². The van der Waals surface area contributed by atoms with E-state index in [4.69, 9.17) is 9.47 Å². The van der Waals surface area contributed by atoms with Gasteiger partial charge in [-0.25, -0.2) is 4.79 Å². The molecule has 4 rings (SSSR count). The molecule has 1 aromatic rings. The second-order valence-corrected chi connectivity index (χ2v) is 7.30. The molecular formula is C19H27N3O3.